The van der Waals surface area contributed by atoms with Crippen LogP contribution in [0.3, 0.4) is 0 Å². The molecule has 0 aromatic carbocycles. The Hall–Kier alpha value is -1.60. The lowest BCUT2D eigenvalue weighted by Crippen LogP contribution is -2.60. The van der Waals surface area contributed by atoms with Crippen molar-refractivity contribution in [1.29, 1.82) is 0 Å². The quantitative estimate of drug-likeness (QED) is 0.573. The summed E-state index contributed by atoms with van der Waals surface area (Å²) < 4.78 is 7.56. The van der Waals surface area contributed by atoms with Crippen LogP contribution in [0.1, 0.15) is 49.1 Å². The van der Waals surface area contributed by atoms with E-state index in [1.807, 2.05) is 18.8 Å². The van der Waals surface area contributed by atoms with E-state index in [4.69, 9.17) is 4.74 Å². The van der Waals surface area contributed by atoms with Crippen molar-refractivity contribution in [3.8, 4) is 0 Å². The van der Waals surface area contributed by atoms with Gasteiger partial charge in [0.15, 0.2) is 5.96 Å². The molecule has 2 N–H and O–H groups in total. The highest BCUT2D eigenvalue weighted by molar-refractivity contribution is 5.79. The Bertz CT molecular complexity index is 656. The maximum Gasteiger partial charge on any atom is 0.191 e. The molecule has 1 saturated carbocycles. The zero-order chi connectivity index (χ0) is 20.0. The Morgan fingerprint density at radius 2 is 1.86 bits per heavy atom. The van der Waals surface area contributed by atoms with Crippen molar-refractivity contribution in [3.63, 3.8) is 0 Å². The van der Waals surface area contributed by atoms with E-state index in [0.29, 0.717) is 0 Å². The molecule has 0 atom stereocenters. The molecule has 0 spiro atoms. The van der Waals surface area contributed by atoms with Crippen molar-refractivity contribution in [2.45, 2.75) is 57.9 Å². The average Bonchev–Trinajstić information content (AvgIpc) is 2.97. The van der Waals surface area contributed by atoms with Gasteiger partial charge in [0.05, 0.1) is 18.9 Å². The van der Waals surface area contributed by atoms with Crippen LogP contribution in [-0.2, 0) is 18.2 Å². The summed E-state index contributed by atoms with van der Waals surface area (Å²) in [6.45, 7) is 9.86. The lowest BCUT2D eigenvalue weighted by Gasteiger charge is -2.48. The smallest absolute Gasteiger partial charge is 0.191 e. The Morgan fingerprint density at radius 3 is 2.46 bits per heavy atom. The second-order valence-corrected chi connectivity index (χ2v) is 8.26. The molecular weight excluding hydrogens is 352 g/mol. The van der Waals surface area contributed by atoms with Gasteiger partial charge < -0.3 is 15.4 Å². The topological polar surface area (TPSA) is 66.7 Å². The monoisotopic (exact) mass is 390 g/mol. The summed E-state index contributed by atoms with van der Waals surface area (Å²) in [5.74, 6) is 0.900. The molecule has 0 radical (unpaired) electrons. The first kappa shape index (κ1) is 21.1. The van der Waals surface area contributed by atoms with E-state index in [9.17, 15) is 0 Å². The molecule has 7 heteroatoms. The molecule has 3 rings (SSSR count). The van der Waals surface area contributed by atoms with E-state index in [0.717, 1.165) is 57.5 Å². The van der Waals surface area contributed by atoms with E-state index >= 15 is 0 Å². The molecule has 7 nitrogen and oxygen atoms in total. The number of rotatable bonds is 6. The fourth-order valence-corrected chi connectivity index (χ4v) is 4.81. The summed E-state index contributed by atoms with van der Waals surface area (Å²) in [6, 6.07) is 0. The van der Waals surface area contributed by atoms with Crippen LogP contribution in [0, 0.1) is 13.8 Å². The van der Waals surface area contributed by atoms with Crippen LogP contribution >= 0.6 is 0 Å². The Kier molecular flexibility index (Phi) is 7.35. The lowest BCUT2D eigenvalue weighted by atomic mass is 9.80. The van der Waals surface area contributed by atoms with Crippen LogP contribution in [0.2, 0.25) is 0 Å². The number of nitrogens with zero attached hydrogens (tertiary/aromatic N) is 4. The van der Waals surface area contributed by atoms with Gasteiger partial charge in [-0.05, 0) is 38.7 Å². The summed E-state index contributed by atoms with van der Waals surface area (Å²) in [5.41, 5.74) is 3.95. The standard InChI is InChI=1S/C21H38N6O/c1-17-19(18(2)26(4)25-17)8-11-23-20(22-3)24-16-21(9-6-5-7-10-21)27-12-14-28-15-13-27/h5-16H2,1-4H3,(H2,22,23,24). The Morgan fingerprint density at radius 1 is 1.14 bits per heavy atom. The normalized spacial score (nSPS) is 20.9. The third kappa shape index (κ3) is 4.87. The van der Waals surface area contributed by atoms with Crippen LogP contribution in [-0.4, -0.2) is 72.6 Å². The molecule has 1 aromatic rings. The first-order chi connectivity index (χ1) is 13.6. The molecule has 1 aliphatic heterocycles. The number of aryl methyl sites for hydroxylation is 2. The van der Waals surface area contributed by atoms with Crippen LogP contribution in [0.5, 0.6) is 0 Å². The maximum atomic E-state index is 5.59. The van der Waals surface area contributed by atoms with Crippen molar-refractivity contribution >= 4 is 5.96 Å². The van der Waals surface area contributed by atoms with Crippen molar-refractivity contribution < 1.29 is 4.74 Å². The Labute approximate surface area is 169 Å². The molecule has 2 heterocycles. The third-order valence-corrected chi connectivity index (χ3v) is 6.60. The number of aliphatic imine (C=N–C) groups is 1. The summed E-state index contributed by atoms with van der Waals surface area (Å²) in [7, 11) is 3.87. The van der Waals surface area contributed by atoms with Gasteiger partial charge in [-0.2, -0.15) is 5.10 Å². The zero-order valence-electron chi connectivity index (χ0n) is 18.2. The summed E-state index contributed by atoms with van der Waals surface area (Å²) in [6.07, 6.45) is 7.51. The van der Waals surface area contributed by atoms with Crippen molar-refractivity contribution in [3.05, 3.63) is 17.0 Å². The molecule has 0 unspecified atom stereocenters. The average molecular weight is 391 g/mol. The van der Waals surface area contributed by atoms with E-state index in [1.165, 1.54) is 43.4 Å². The number of aromatic nitrogens is 2. The van der Waals surface area contributed by atoms with Gasteiger partial charge in [-0.25, -0.2) is 0 Å². The van der Waals surface area contributed by atoms with Crippen molar-refractivity contribution in [2.75, 3.05) is 46.4 Å². The second-order valence-electron chi connectivity index (χ2n) is 8.26. The number of ether oxygens (including phenoxy) is 1. The highest BCUT2D eigenvalue weighted by atomic mass is 16.5. The second kappa shape index (κ2) is 9.74. The number of hydrogen-bond donors (Lipinski definition) is 2. The van der Waals surface area contributed by atoms with Crippen LogP contribution < -0.4 is 10.6 Å². The van der Waals surface area contributed by atoms with E-state index in [2.05, 4.69) is 39.5 Å². The number of hydrogen-bond acceptors (Lipinski definition) is 4. The summed E-state index contributed by atoms with van der Waals surface area (Å²) in [5, 5.41) is 11.6. The third-order valence-electron chi connectivity index (χ3n) is 6.60. The van der Waals surface area contributed by atoms with E-state index < -0.39 is 0 Å². The number of guanidine groups is 1. The molecule has 0 bridgehead atoms. The summed E-state index contributed by atoms with van der Waals surface area (Å²) >= 11 is 0. The molecule has 2 fully saturated rings. The minimum Gasteiger partial charge on any atom is -0.379 e. The SMILES string of the molecule is CN=C(NCCc1c(C)nn(C)c1C)NCC1(N2CCOCC2)CCCCC1. The predicted molar refractivity (Wildman–Crippen MR) is 114 cm³/mol. The van der Waals surface area contributed by atoms with Crippen LogP contribution in [0.4, 0.5) is 0 Å². The highest BCUT2D eigenvalue weighted by Crippen LogP contribution is 2.33. The molecular formula is C21H38N6O. The summed E-state index contributed by atoms with van der Waals surface area (Å²) in [4.78, 5) is 7.13. The fraction of sp³-hybridized carbons (Fsp3) is 0.810. The maximum absolute atomic E-state index is 5.59. The van der Waals surface area contributed by atoms with Crippen LogP contribution in [0.15, 0.2) is 4.99 Å². The molecule has 2 aliphatic rings. The first-order valence-electron chi connectivity index (χ1n) is 10.8. The Balaban J connectivity index is 1.54. The van der Waals surface area contributed by atoms with Gasteiger partial charge in [-0.15, -0.1) is 0 Å². The van der Waals surface area contributed by atoms with E-state index in [1.54, 1.807) is 0 Å². The van der Waals surface area contributed by atoms with Gasteiger partial charge >= 0.3 is 0 Å². The van der Waals surface area contributed by atoms with Gasteiger partial charge in [0, 0.05) is 51.5 Å². The molecule has 1 aromatic heterocycles. The number of morpholine rings is 1. The molecule has 1 saturated heterocycles. The van der Waals surface area contributed by atoms with Gasteiger partial charge in [-0.3, -0.25) is 14.6 Å². The number of nitrogens with one attached hydrogen (secondary N) is 2. The van der Waals surface area contributed by atoms with Gasteiger partial charge in [0.1, 0.15) is 0 Å². The fourth-order valence-electron chi connectivity index (χ4n) is 4.81. The van der Waals surface area contributed by atoms with Crippen molar-refractivity contribution in [2.24, 2.45) is 12.0 Å². The van der Waals surface area contributed by atoms with Crippen LogP contribution in [0.25, 0.3) is 0 Å². The van der Waals surface area contributed by atoms with Gasteiger partial charge in [0.2, 0.25) is 0 Å². The van der Waals surface area contributed by atoms with E-state index in [-0.39, 0.29) is 5.54 Å². The van der Waals surface area contributed by atoms with Gasteiger partial charge in [0.25, 0.3) is 0 Å². The largest absolute Gasteiger partial charge is 0.379 e. The molecule has 28 heavy (non-hydrogen) atoms. The minimum atomic E-state index is 0.246. The predicted octanol–water partition coefficient (Wildman–Crippen LogP) is 1.78. The zero-order valence-corrected chi connectivity index (χ0v) is 18.2. The lowest BCUT2D eigenvalue weighted by molar-refractivity contribution is -0.0352. The molecule has 158 valence electrons. The molecule has 0 amide bonds. The van der Waals surface area contributed by atoms with Crippen molar-refractivity contribution in [1.82, 2.24) is 25.3 Å². The highest BCUT2D eigenvalue weighted by Gasteiger charge is 2.38. The first-order valence-corrected chi connectivity index (χ1v) is 10.8. The van der Waals surface area contributed by atoms with Gasteiger partial charge in [-0.1, -0.05) is 19.3 Å². The minimum absolute atomic E-state index is 0.246. The molecule has 1 aliphatic carbocycles.